The van der Waals surface area contributed by atoms with Gasteiger partial charge in [-0.1, -0.05) is 43.4 Å². The van der Waals surface area contributed by atoms with Crippen LogP contribution in [0.4, 0.5) is 0 Å². The number of hydrogen-bond acceptors (Lipinski definition) is 4. The summed E-state index contributed by atoms with van der Waals surface area (Å²) in [5.41, 5.74) is 1.60. The van der Waals surface area contributed by atoms with Crippen molar-refractivity contribution in [3.8, 4) is 0 Å². The molecule has 2 aliphatic rings. The summed E-state index contributed by atoms with van der Waals surface area (Å²) in [5.74, 6) is 0.915. The molecule has 2 aromatic rings. The van der Waals surface area contributed by atoms with Crippen molar-refractivity contribution >= 4 is 27.4 Å². The standard InChI is InChI=1S/C22H28ClN3O3S/c1-15-7-8-18(20(23)9-15)21(27)10-19(16-5-3-4-6-16)17-11-26(12-17)30(28,29)22-13-25(2)14-24-22/h7-9,13-14,16-17,19H,3-6,10-12H2,1-2H3. The van der Waals surface area contributed by atoms with Gasteiger partial charge in [-0.15, -0.1) is 0 Å². The first-order valence-electron chi connectivity index (χ1n) is 10.5. The molecule has 1 aliphatic carbocycles. The maximum absolute atomic E-state index is 13.1. The highest BCUT2D eigenvalue weighted by Gasteiger charge is 2.44. The molecule has 6 nitrogen and oxygen atoms in total. The van der Waals surface area contributed by atoms with Crippen LogP contribution in [0, 0.1) is 24.7 Å². The smallest absolute Gasteiger partial charge is 0.262 e. The Hall–Kier alpha value is -1.70. The zero-order chi connectivity index (χ0) is 21.5. The molecule has 0 spiro atoms. The predicted molar refractivity (Wildman–Crippen MR) is 116 cm³/mol. The number of carbonyl (C=O) groups is 1. The van der Waals surface area contributed by atoms with Crippen LogP contribution in [0.3, 0.4) is 0 Å². The molecule has 0 radical (unpaired) electrons. The second-order valence-corrected chi connectivity index (χ2v) is 11.1. The molecule has 4 rings (SSSR count). The summed E-state index contributed by atoms with van der Waals surface area (Å²) in [6.45, 7) is 2.86. The van der Waals surface area contributed by atoms with Gasteiger partial charge in [0.1, 0.15) is 0 Å². The molecule has 1 saturated heterocycles. The van der Waals surface area contributed by atoms with Crippen LogP contribution in [0.25, 0.3) is 0 Å². The lowest BCUT2D eigenvalue weighted by Gasteiger charge is -2.44. The van der Waals surface area contributed by atoms with Crippen LogP contribution in [-0.2, 0) is 17.1 Å². The van der Waals surface area contributed by atoms with E-state index in [0.29, 0.717) is 36.0 Å². The van der Waals surface area contributed by atoms with Gasteiger partial charge in [0.05, 0.1) is 11.3 Å². The van der Waals surface area contributed by atoms with Crippen LogP contribution < -0.4 is 0 Å². The number of imidazole rings is 1. The fraction of sp³-hybridized carbons (Fsp3) is 0.545. The second-order valence-electron chi connectivity index (χ2n) is 8.78. The molecule has 0 bridgehead atoms. The molecule has 0 amide bonds. The van der Waals surface area contributed by atoms with Gasteiger partial charge in [-0.05, 0) is 42.4 Å². The normalized spacial score (nSPS) is 19.7. The van der Waals surface area contributed by atoms with Crippen LogP contribution in [0.2, 0.25) is 5.02 Å². The number of aromatic nitrogens is 2. The monoisotopic (exact) mass is 449 g/mol. The second kappa shape index (κ2) is 8.44. The van der Waals surface area contributed by atoms with Crippen molar-refractivity contribution in [1.82, 2.24) is 13.9 Å². The fourth-order valence-corrected chi connectivity index (χ4v) is 6.73. The highest BCUT2D eigenvalue weighted by Crippen LogP contribution is 2.42. The van der Waals surface area contributed by atoms with Gasteiger partial charge in [0.15, 0.2) is 10.8 Å². The number of carbonyl (C=O) groups excluding carboxylic acids is 1. The van der Waals surface area contributed by atoms with Crippen LogP contribution in [0.15, 0.2) is 35.7 Å². The van der Waals surface area contributed by atoms with E-state index in [1.165, 1.54) is 29.7 Å². The number of aryl methyl sites for hydroxylation is 2. The van der Waals surface area contributed by atoms with Crippen LogP contribution in [0.5, 0.6) is 0 Å². The Morgan fingerprint density at radius 1 is 1.23 bits per heavy atom. The van der Waals surface area contributed by atoms with Gasteiger partial charge in [0.2, 0.25) is 0 Å². The molecule has 2 heterocycles. The van der Waals surface area contributed by atoms with E-state index in [9.17, 15) is 13.2 Å². The third-order valence-corrected chi connectivity index (χ3v) is 8.65. The highest BCUT2D eigenvalue weighted by atomic mass is 35.5. The number of hydrogen-bond donors (Lipinski definition) is 0. The van der Waals surface area contributed by atoms with E-state index in [1.54, 1.807) is 11.6 Å². The molecule has 1 saturated carbocycles. The van der Waals surface area contributed by atoms with Crippen LogP contribution >= 0.6 is 11.6 Å². The Morgan fingerprint density at radius 2 is 1.93 bits per heavy atom. The molecule has 30 heavy (non-hydrogen) atoms. The SMILES string of the molecule is Cc1ccc(C(=O)CC(C2CCCC2)C2CN(S(=O)(=O)c3cn(C)cn3)C2)c(Cl)c1. The average molecular weight is 450 g/mol. The van der Waals surface area contributed by atoms with E-state index < -0.39 is 10.0 Å². The third-order valence-electron chi connectivity index (χ3n) is 6.62. The topological polar surface area (TPSA) is 72.3 Å². The van der Waals surface area contributed by atoms with E-state index in [0.717, 1.165) is 18.4 Å². The van der Waals surface area contributed by atoms with Crippen molar-refractivity contribution in [1.29, 1.82) is 0 Å². The molecule has 1 aliphatic heterocycles. The number of benzene rings is 1. The number of ketones is 1. The summed E-state index contributed by atoms with van der Waals surface area (Å²) in [5, 5.41) is 0.585. The van der Waals surface area contributed by atoms with Crippen LogP contribution in [0.1, 0.15) is 48.0 Å². The molecule has 162 valence electrons. The summed E-state index contributed by atoms with van der Waals surface area (Å²) in [7, 11) is -1.82. The zero-order valence-corrected chi connectivity index (χ0v) is 19.0. The Labute approximate surface area is 183 Å². The molecule has 1 atom stereocenters. The van der Waals surface area contributed by atoms with Gasteiger partial charge in [-0.2, -0.15) is 4.31 Å². The predicted octanol–water partition coefficient (Wildman–Crippen LogP) is 4.08. The fourth-order valence-electron chi connectivity index (χ4n) is 4.87. The molecule has 0 N–H and O–H groups in total. The summed E-state index contributed by atoms with van der Waals surface area (Å²) in [6, 6.07) is 5.54. The van der Waals surface area contributed by atoms with Crippen molar-refractivity contribution in [2.24, 2.45) is 24.8 Å². The van der Waals surface area contributed by atoms with Gasteiger partial charge >= 0.3 is 0 Å². The molecular formula is C22H28ClN3O3S. The Morgan fingerprint density at radius 3 is 2.53 bits per heavy atom. The van der Waals surface area contributed by atoms with Crippen molar-refractivity contribution in [3.05, 3.63) is 46.9 Å². The first kappa shape index (κ1) is 21.5. The first-order chi connectivity index (χ1) is 14.3. The average Bonchev–Trinajstić information content (AvgIpc) is 3.31. The minimum atomic E-state index is -3.57. The molecule has 2 fully saturated rings. The molecular weight excluding hydrogens is 422 g/mol. The van der Waals surface area contributed by atoms with E-state index >= 15 is 0 Å². The van der Waals surface area contributed by atoms with Crippen molar-refractivity contribution in [2.45, 2.75) is 44.1 Å². The number of rotatable bonds is 7. The Bertz CT molecular complexity index is 1040. The lowest BCUT2D eigenvalue weighted by molar-refractivity contribution is 0.0725. The van der Waals surface area contributed by atoms with Gasteiger partial charge in [0, 0.05) is 38.3 Å². The lowest BCUT2D eigenvalue weighted by atomic mass is 9.74. The van der Waals surface area contributed by atoms with E-state index in [-0.39, 0.29) is 22.6 Å². The molecule has 1 aromatic carbocycles. The third kappa shape index (κ3) is 4.20. The van der Waals surface area contributed by atoms with Gasteiger partial charge in [-0.25, -0.2) is 13.4 Å². The summed E-state index contributed by atoms with van der Waals surface area (Å²) in [4.78, 5) is 17.1. The van der Waals surface area contributed by atoms with E-state index in [1.807, 2.05) is 25.1 Å². The lowest BCUT2D eigenvalue weighted by Crippen LogP contribution is -2.53. The maximum atomic E-state index is 13.1. The van der Waals surface area contributed by atoms with Crippen LogP contribution in [-0.4, -0.2) is 41.1 Å². The minimum Gasteiger partial charge on any atom is -0.339 e. The quantitative estimate of drug-likeness (QED) is 0.597. The van der Waals surface area contributed by atoms with E-state index in [2.05, 4.69) is 4.98 Å². The maximum Gasteiger partial charge on any atom is 0.262 e. The summed E-state index contributed by atoms with van der Waals surface area (Å²) >= 11 is 6.33. The van der Waals surface area contributed by atoms with Crippen molar-refractivity contribution < 1.29 is 13.2 Å². The first-order valence-corrected chi connectivity index (χ1v) is 12.3. The molecule has 1 unspecified atom stereocenters. The number of sulfonamides is 1. The van der Waals surface area contributed by atoms with Gasteiger partial charge < -0.3 is 4.57 Å². The van der Waals surface area contributed by atoms with E-state index in [4.69, 9.17) is 11.6 Å². The number of Topliss-reactive ketones (excluding diaryl/α,β-unsaturated/α-hetero) is 1. The highest BCUT2D eigenvalue weighted by molar-refractivity contribution is 7.89. The minimum absolute atomic E-state index is 0.0583. The Balaban J connectivity index is 1.48. The number of halogens is 1. The summed E-state index contributed by atoms with van der Waals surface area (Å²) < 4.78 is 28.7. The van der Waals surface area contributed by atoms with Crippen molar-refractivity contribution in [2.75, 3.05) is 13.1 Å². The summed E-state index contributed by atoms with van der Waals surface area (Å²) in [6.07, 6.45) is 8.05. The van der Waals surface area contributed by atoms with Gasteiger partial charge in [0.25, 0.3) is 10.0 Å². The molecule has 8 heteroatoms. The Kier molecular flexibility index (Phi) is 6.06. The largest absolute Gasteiger partial charge is 0.339 e. The van der Waals surface area contributed by atoms with Gasteiger partial charge in [-0.3, -0.25) is 4.79 Å². The van der Waals surface area contributed by atoms with Crippen molar-refractivity contribution in [3.63, 3.8) is 0 Å². The number of nitrogens with zero attached hydrogens (tertiary/aromatic N) is 3. The molecule has 1 aromatic heterocycles. The zero-order valence-electron chi connectivity index (χ0n) is 17.4.